The quantitative estimate of drug-likeness (QED) is 0.0623. The van der Waals surface area contributed by atoms with E-state index < -0.39 is 121 Å². The molecule has 0 unspecified atom stereocenters. The van der Waals surface area contributed by atoms with Gasteiger partial charge in [0.1, 0.15) is 149 Å². The van der Waals surface area contributed by atoms with Crippen LogP contribution < -0.4 is 95.4 Å². The Bertz CT molecular complexity index is 3870. The summed E-state index contributed by atoms with van der Waals surface area (Å²) in [6, 6.07) is 0. The fourth-order valence-electron chi connectivity index (χ4n) is 8.27. The van der Waals surface area contributed by atoms with Crippen molar-refractivity contribution >= 4 is 121 Å². The Morgan fingerprint density at radius 1 is 0.167 bits per heavy atom. The van der Waals surface area contributed by atoms with Gasteiger partial charge in [0.2, 0.25) is 75.9 Å². The first-order chi connectivity index (χ1) is 57.9. The van der Waals surface area contributed by atoms with Crippen molar-refractivity contribution in [2.75, 3.05) is 0 Å². The average Bonchev–Trinajstić information content (AvgIpc) is 1.89. The van der Waals surface area contributed by atoms with Gasteiger partial charge in [-0.05, 0) is 83.1 Å². The monoisotopic (exact) mass is 2460 g/mol. The number of hydrogen-bond acceptors (Lipinski definition) is 18. The second kappa shape index (κ2) is 73.0. The molecule has 0 radical (unpaired) electrons. The summed E-state index contributed by atoms with van der Waals surface area (Å²) in [4.78, 5) is 0. The van der Waals surface area contributed by atoms with E-state index in [1.54, 1.807) is 0 Å². The molecule has 0 aliphatic heterocycles. The molecule has 0 aromatic carbocycles. The number of nitrogens with zero attached hydrogens (tertiary/aromatic N) is 24. The van der Waals surface area contributed by atoms with Gasteiger partial charge in [-0.1, -0.05) is 0 Å². The summed E-state index contributed by atoms with van der Waals surface area (Å²) in [6.45, 7) is 38.2. The van der Waals surface area contributed by atoms with Crippen LogP contribution in [0.4, 0.5) is 16.9 Å². The Morgan fingerprint density at radius 3 is 0.230 bits per heavy atom. The van der Waals surface area contributed by atoms with Gasteiger partial charge < -0.3 is 0 Å². The van der Waals surface area contributed by atoms with E-state index in [-0.39, 0.29) is 0 Å². The van der Waals surface area contributed by atoms with Gasteiger partial charge in [-0.25, -0.2) is 110 Å². The van der Waals surface area contributed by atoms with Crippen LogP contribution in [0.5, 0.6) is 0 Å². The predicted molar refractivity (Wildman–Crippen MR) is 421 cm³/mol. The molecule has 0 atom stereocenters. The SMILES string of the molecule is CC[n+]1ccn(C)c1.CC[n+]1ccn(C)c1.CC[n+]1ccn(C)c1.CC[n+]1ccn(C)c1.CC[n+]1ccn(C)c1.CC[n+]1ccn(C)c1.CC[n+]1ccn(C)c1.CC[n+]1ccn(C)c1.CC[n+]1ccn(C)c1.CC[n+]1ccn(C)c1.CC[n+]1ccn(C)c1.CC[n+]1ccn(C)c1.[O]=[Sb]([O-])([O-])[F].[O]=[Sb]([O-])([O-])[F].[O]=[Sb]([O-])([O-])[F].[O]=[Sb]([O-])([O-])[F].[O]=[Sb]([O-])([O-])[F].[O]=[Sb]([O-])([O-])[F]. The number of halogens is 6. The van der Waals surface area contributed by atoms with Crippen molar-refractivity contribution < 1.29 is 130 Å². The molecule has 0 N–H and O–H groups in total. The van der Waals surface area contributed by atoms with E-state index in [9.17, 15) is 16.9 Å². The Kier molecular flexibility index (Phi) is 75.4. The van der Waals surface area contributed by atoms with Crippen molar-refractivity contribution in [1.29, 1.82) is 0 Å². The molecule has 0 saturated carbocycles. The number of hydrogen-bond donors (Lipinski definition) is 0. The third kappa shape index (κ3) is 101. The molecule has 0 spiro atoms. The molecule has 12 rings (SSSR count). The van der Waals surface area contributed by atoms with Gasteiger partial charge in [0.15, 0.2) is 0 Å². The number of aryl methyl sites for hydroxylation is 24. The van der Waals surface area contributed by atoms with Gasteiger partial charge in [0.05, 0.1) is 163 Å². The Hall–Kier alpha value is -6.67. The fourth-order valence-corrected chi connectivity index (χ4v) is 8.27. The van der Waals surface area contributed by atoms with Crippen molar-refractivity contribution in [1.82, 2.24) is 54.8 Å². The standard InChI is InChI=1S/12C6H11N2.6FH.18O.6Sb/c12*1-3-8-5-4-7(2)6-8;;;;;;;;;;;;;;;;;;;;;;;;;;;;;;/h12*4-6H,3H2,1-2H3;6*1H;;;;;;;;;;;;;;;;;;;;;;;;/q12*+1;;;;;;;;;;;;;12*-1;6*+1/p-6. The van der Waals surface area contributed by atoms with E-state index in [0.717, 1.165) is 78.5 Å². The van der Waals surface area contributed by atoms with Crippen molar-refractivity contribution in [3.05, 3.63) is 225 Å². The second-order valence-corrected chi connectivity index (χ2v) is 40.2. The van der Waals surface area contributed by atoms with E-state index in [2.05, 4.69) is 288 Å². The van der Waals surface area contributed by atoms with Crippen LogP contribution in [0.15, 0.2) is 225 Å². The molecule has 42 nitrogen and oxygen atoms in total. The van der Waals surface area contributed by atoms with Crippen molar-refractivity contribution in [3.63, 3.8) is 0 Å². The van der Waals surface area contributed by atoms with Gasteiger partial charge in [-0.2, -0.15) is 0 Å². The van der Waals surface area contributed by atoms with Crippen LogP contribution in [0.2, 0.25) is 0 Å². The molecule has 12 heterocycles. The fraction of sp³-hybridized carbons (Fsp3) is 0.500. The van der Waals surface area contributed by atoms with E-state index in [1.165, 1.54) is 0 Å². The van der Waals surface area contributed by atoms with Gasteiger partial charge in [-0.15, -0.1) is 0 Å². The zero-order chi connectivity index (χ0) is 98.8. The molecule has 0 saturated heterocycles. The molecule has 0 amide bonds. The minimum absolute atomic E-state index is 1.06. The Labute approximate surface area is 769 Å². The van der Waals surface area contributed by atoms with E-state index >= 15 is 0 Å². The Balaban J connectivity index is -0.000000304. The number of imidazole rings is 12. The van der Waals surface area contributed by atoms with E-state index in [1.807, 2.05) is 214 Å². The van der Waals surface area contributed by atoms with Crippen molar-refractivity contribution in [2.45, 2.75) is 162 Å². The van der Waals surface area contributed by atoms with Crippen LogP contribution in [0.25, 0.3) is 0 Å². The molecule has 720 valence electrons. The van der Waals surface area contributed by atoms with Gasteiger partial charge in [0.25, 0.3) is 0 Å². The first-order valence-corrected chi connectivity index (χ1v) is 62.9. The zero-order valence-electron chi connectivity index (χ0n) is 76.3. The summed E-state index contributed by atoms with van der Waals surface area (Å²) in [5, 5.41) is 0. The van der Waals surface area contributed by atoms with Crippen LogP contribution in [-0.2, 0) is 181 Å². The van der Waals surface area contributed by atoms with Crippen LogP contribution in [0, 0.1) is 0 Å². The topological polar surface area (TPSA) is 485 Å². The van der Waals surface area contributed by atoms with Crippen molar-refractivity contribution in [2.24, 2.45) is 84.6 Å². The third-order valence-electron chi connectivity index (χ3n) is 14.3. The second-order valence-electron chi connectivity index (χ2n) is 25.5. The summed E-state index contributed by atoms with van der Waals surface area (Å²) < 4.78 is 265. The van der Waals surface area contributed by atoms with Gasteiger partial charge in [0, 0.05) is 0 Å². The Morgan fingerprint density at radius 2 is 0.214 bits per heavy atom. The molecule has 12 aromatic rings. The predicted octanol–water partition coefficient (Wildman–Crippen LogP) is -10.8. The van der Waals surface area contributed by atoms with Crippen LogP contribution in [0.3, 0.4) is 0 Å². The summed E-state index contributed by atoms with van der Waals surface area (Å²) in [5.41, 5.74) is 0. The summed E-state index contributed by atoms with van der Waals surface area (Å²) >= 11 is -38.1. The summed E-state index contributed by atoms with van der Waals surface area (Å²) in [6.07, 6.45) is 73.7. The maximum atomic E-state index is 10.2. The van der Waals surface area contributed by atoms with Gasteiger partial charge in [-0.3, -0.25) is 0 Å². The zero-order valence-corrected chi connectivity index (χ0v) is 91.6. The van der Waals surface area contributed by atoms with Gasteiger partial charge >= 0.3 is 197 Å². The van der Waals surface area contributed by atoms with Crippen LogP contribution in [0.1, 0.15) is 83.1 Å². The number of aromatic nitrogens is 24. The third-order valence-corrected chi connectivity index (χ3v) is 14.3. The minimum atomic E-state index is -6.35. The first kappa shape index (κ1) is 130. The molecule has 0 aliphatic carbocycles. The van der Waals surface area contributed by atoms with Crippen molar-refractivity contribution in [3.8, 4) is 0 Å². The van der Waals surface area contributed by atoms with Crippen LogP contribution >= 0.6 is 0 Å². The maximum absolute atomic E-state index is 10.2. The summed E-state index contributed by atoms with van der Waals surface area (Å²) in [5.74, 6) is 0. The molecular formula is C72H132F6N24O18Sb6. The molecule has 54 heteroatoms. The summed E-state index contributed by atoms with van der Waals surface area (Å²) in [7, 11) is 24.2. The molecule has 12 aromatic heterocycles. The molecule has 0 fully saturated rings. The number of rotatable bonds is 12. The van der Waals surface area contributed by atoms with E-state index in [0.29, 0.717) is 0 Å². The van der Waals surface area contributed by atoms with Crippen LogP contribution in [-0.4, -0.2) is 176 Å². The van der Waals surface area contributed by atoms with E-state index in [4.69, 9.17) is 58.7 Å². The molecule has 126 heavy (non-hydrogen) atoms. The molecule has 0 aliphatic rings. The molecule has 0 bridgehead atoms. The molecular weight excluding hydrogens is 2330 g/mol. The first-order valence-electron chi connectivity index (χ1n) is 38.3. The average molecular weight is 2470 g/mol. The normalized spacial score (nSPS) is 10.2.